The van der Waals surface area contributed by atoms with Gasteiger partial charge in [0.1, 0.15) is 5.39 Å². The number of hydrogen-bond acceptors (Lipinski definition) is 5. The summed E-state index contributed by atoms with van der Waals surface area (Å²) in [7, 11) is 3.58. The third-order valence-electron chi connectivity index (χ3n) is 3.10. The zero-order chi connectivity index (χ0) is 13.6. The third-order valence-corrected chi connectivity index (χ3v) is 3.10. The number of aryl methyl sites for hydroxylation is 3. The summed E-state index contributed by atoms with van der Waals surface area (Å²) in [5.41, 5.74) is 2.08. The molecule has 3 heterocycles. The molecule has 98 valence electrons. The summed E-state index contributed by atoms with van der Waals surface area (Å²) in [4.78, 5) is 12.2. The second kappa shape index (κ2) is 4.01. The first kappa shape index (κ1) is 11.6. The number of aromatic nitrogens is 7. The van der Waals surface area contributed by atoms with Crippen LogP contribution in [-0.4, -0.2) is 34.6 Å². The van der Waals surface area contributed by atoms with Gasteiger partial charge in [-0.05, 0) is 13.0 Å². The maximum absolute atomic E-state index is 12.2. The second-order valence-electron chi connectivity index (χ2n) is 4.46. The first-order valence-corrected chi connectivity index (χ1v) is 5.81. The van der Waals surface area contributed by atoms with Crippen LogP contribution in [0.5, 0.6) is 0 Å². The van der Waals surface area contributed by atoms with Crippen molar-refractivity contribution >= 4 is 11.0 Å². The van der Waals surface area contributed by atoms with E-state index in [0.29, 0.717) is 17.6 Å². The summed E-state index contributed by atoms with van der Waals surface area (Å²) in [6.45, 7) is 2.26. The molecule has 0 atom stereocenters. The van der Waals surface area contributed by atoms with Gasteiger partial charge in [0.2, 0.25) is 0 Å². The molecule has 0 aromatic carbocycles. The van der Waals surface area contributed by atoms with Crippen molar-refractivity contribution in [1.29, 1.82) is 0 Å². The van der Waals surface area contributed by atoms with Gasteiger partial charge in [0.05, 0.1) is 18.4 Å². The fourth-order valence-electron chi connectivity index (χ4n) is 1.95. The molecule has 0 radical (unpaired) electrons. The standard InChI is InChI=1S/C11H13N7O/c1-7-4-8(14-16(7)2)6-18-11(19)9-5-12-17(3)10(9)13-15-18/h4-5H,6H2,1-3H3. The lowest BCUT2D eigenvalue weighted by atomic mass is 10.3. The summed E-state index contributed by atoms with van der Waals surface area (Å²) >= 11 is 0. The summed E-state index contributed by atoms with van der Waals surface area (Å²) in [6, 6.07) is 1.92. The monoisotopic (exact) mass is 259 g/mol. The predicted molar refractivity (Wildman–Crippen MR) is 67.6 cm³/mol. The van der Waals surface area contributed by atoms with Gasteiger partial charge in [-0.25, -0.2) is 9.36 Å². The Morgan fingerprint density at radius 3 is 2.74 bits per heavy atom. The van der Waals surface area contributed by atoms with E-state index in [1.54, 1.807) is 11.7 Å². The fraction of sp³-hybridized carbons (Fsp3) is 0.364. The Morgan fingerprint density at radius 2 is 2.05 bits per heavy atom. The first-order valence-electron chi connectivity index (χ1n) is 5.81. The van der Waals surface area contributed by atoms with E-state index in [-0.39, 0.29) is 5.56 Å². The Labute approximate surface area is 108 Å². The van der Waals surface area contributed by atoms with Crippen molar-refractivity contribution in [3.05, 3.63) is 34.0 Å². The fourth-order valence-corrected chi connectivity index (χ4v) is 1.95. The molecular weight excluding hydrogens is 246 g/mol. The molecule has 0 aliphatic carbocycles. The van der Waals surface area contributed by atoms with Crippen molar-refractivity contribution < 1.29 is 0 Å². The van der Waals surface area contributed by atoms with Crippen molar-refractivity contribution in [3.63, 3.8) is 0 Å². The minimum absolute atomic E-state index is 0.207. The summed E-state index contributed by atoms with van der Waals surface area (Å²) < 4.78 is 4.58. The molecule has 8 nitrogen and oxygen atoms in total. The molecule has 0 fully saturated rings. The summed E-state index contributed by atoms with van der Waals surface area (Å²) in [5, 5.41) is 16.7. The van der Waals surface area contributed by atoms with Crippen LogP contribution < -0.4 is 5.56 Å². The molecule has 0 saturated heterocycles. The van der Waals surface area contributed by atoms with Gasteiger partial charge in [0.15, 0.2) is 5.65 Å². The lowest BCUT2D eigenvalue weighted by Gasteiger charge is -2.00. The van der Waals surface area contributed by atoms with E-state index in [4.69, 9.17) is 0 Å². The maximum Gasteiger partial charge on any atom is 0.281 e. The van der Waals surface area contributed by atoms with Gasteiger partial charge in [0.25, 0.3) is 5.56 Å². The van der Waals surface area contributed by atoms with E-state index in [0.717, 1.165) is 11.4 Å². The highest BCUT2D eigenvalue weighted by atomic mass is 16.1. The molecule has 3 rings (SSSR count). The Kier molecular flexibility index (Phi) is 2.44. The minimum Gasteiger partial charge on any atom is -0.273 e. The predicted octanol–water partition coefficient (Wildman–Crippen LogP) is -0.385. The average molecular weight is 259 g/mol. The SMILES string of the molecule is Cc1cc(Cn2nnc3c(cnn3C)c2=O)nn1C. The molecule has 3 aromatic heterocycles. The van der Waals surface area contributed by atoms with Crippen LogP contribution in [0.4, 0.5) is 0 Å². The van der Waals surface area contributed by atoms with Crippen LogP contribution >= 0.6 is 0 Å². The topological polar surface area (TPSA) is 83.4 Å². The number of rotatable bonds is 2. The largest absolute Gasteiger partial charge is 0.281 e. The zero-order valence-corrected chi connectivity index (χ0v) is 10.9. The van der Waals surface area contributed by atoms with E-state index in [1.807, 2.05) is 20.0 Å². The number of nitrogens with zero attached hydrogens (tertiary/aromatic N) is 7. The molecule has 19 heavy (non-hydrogen) atoms. The van der Waals surface area contributed by atoms with Gasteiger partial charge >= 0.3 is 0 Å². The molecule has 0 amide bonds. The van der Waals surface area contributed by atoms with Crippen LogP contribution in [0.2, 0.25) is 0 Å². The highest BCUT2D eigenvalue weighted by molar-refractivity contribution is 5.72. The molecule has 8 heteroatoms. The summed E-state index contributed by atoms with van der Waals surface area (Å²) in [5.74, 6) is 0. The van der Waals surface area contributed by atoms with Gasteiger partial charge in [-0.1, -0.05) is 5.21 Å². The quantitative estimate of drug-likeness (QED) is 0.626. The van der Waals surface area contributed by atoms with Crippen molar-refractivity contribution in [3.8, 4) is 0 Å². The minimum atomic E-state index is -0.207. The molecule has 0 saturated carbocycles. The van der Waals surface area contributed by atoms with Crippen LogP contribution in [0, 0.1) is 6.92 Å². The van der Waals surface area contributed by atoms with Crippen LogP contribution in [0.25, 0.3) is 11.0 Å². The van der Waals surface area contributed by atoms with E-state index < -0.39 is 0 Å². The van der Waals surface area contributed by atoms with Crippen LogP contribution in [0.3, 0.4) is 0 Å². The number of hydrogen-bond donors (Lipinski definition) is 0. The normalized spacial score (nSPS) is 11.3. The highest BCUT2D eigenvalue weighted by Gasteiger charge is 2.11. The van der Waals surface area contributed by atoms with Crippen molar-refractivity contribution in [1.82, 2.24) is 34.6 Å². The van der Waals surface area contributed by atoms with Gasteiger partial charge < -0.3 is 0 Å². The molecular formula is C11H13N7O. The van der Waals surface area contributed by atoms with Crippen LogP contribution in [-0.2, 0) is 20.6 Å². The van der Waals surface area contributed by atoms with E-state index in [2.05, 4.69) is 20.5 Å². The van der Waals surface area contributed by atoms with E-state index in [1.165, 1.54) is 15.6 Å². The molecule has 0 spiro atoms. The van der Waals surface area contributed by atoms with Gasteiger partial charge in [-0.3, -0.25) is 9.48 Å². The molecule has 0 bridgehead atoms. The average Bonchev–Trinajstić information content (AvgIpc) is 2.88. The first-order chi connectivity index (χ1) is 9.06. The van der Waals surface area contributed by atoms with Crippen molar-refractivity contribution in [2.75, 3.05) is 0 Å². The molecule has 0 aliphatic rings. The Bertz CT molecular complexity index is 791. The molecule has 0 N–H and O–H groups in total. The van der Waals surface area contributed by atoms with Crippen LogP contribution in [0.15, 0.2) is 17.1 Å². The Morgan fingerprint density at radius 1 is 1.26 bits per heavy atom. The van der Waals surface area contributed by atoms with Gasteiger partial charge in [0, 0.05) is 19.8 Å². The lowest BCUT2D eigenvalue weighted by molar-refractivity contribution is 0.579. The molecule has 0 aliphatic heterocycles. The highest BCUT2D eigenvalue weighted by Crippen LogP contribution is 2.04. The van der Waals surface area contributed by atoms with E-state index >= 15 is 0 Å². The molecule has 3 aromatic rings. The molecule has 0 unspecified atom stereocenters. The number of fused-ring (bicyclic) bond motifs is 1. The van der Waals surface area contributed by atoms with Gasteiger partial charge in [-0.2, -0.15) is 10.2 Å². The second-order valence-corrected chi connectivity index (χ2v) is 4.46. The Balaban J connectivity index is 2.06. The van der Waals surface area contributed by atoms with Crippen molar-refractivity contribution in [2.45, 2.75) is 13.5 Å². The third kappa shape index (κ3) is 1.81. The van der Waals surface area contributed by atoms with E-state index in [9.17, 15) is 4.79 Å². The smallest absolute Gasteiger partial charge is 0.273 e. The van der Waals surface area contributed by atoms with Gasteiger partial charge in [-0.15, -0.1) is 5.10 Å². The lowest BCUT2D eigenvalue weighted by Crippen LogP contribution is -2.25. The van der Waals surface area contributed by atoms with Crippen molar-refractivity contribution in [2.24, 2.45) is 14.1 Å². The van der Waals surface area contributed by atoms with Crippen LogP contribution in [0.1, 0.15) is 11.4 Å². The Hall–Kier alpha value is -2.51. The maximum atomic E-state index is 12.2. The summed E-state index contributed by atoms with van der Waals surface area (Å²) in [6.07, 6.45) is 1.51. The zero-order valence-electron chi connectivity index (χ0n) is 10.9.